The molecule has 1 saturated heterocycles. The van der Waals surface area contributed by atoms with E-state index in [0.29, 0.717) is 5.92 Å². The lowest BCUT2D eigenvalue weighted by Gasteiger charge is -2.52. The SMILES string of the molecule is CC12CC=C3C4CCC5(CC4CCC3C1CCC2O)OCCO5. The van der Waals surface area contributed by atoms with Gasteiger partial charge in [0.05, 0.1) is 19.3 Å². The van der Waals surface area contributed by atoms with Crippen LogP contribution in [0, 0.1) is 29.1 Å². The number of allylic oxidation sites excluding steroid dienone is 2. The van der Waals surface area contributed by atoms with E-state index in [1.54, 1.807) is 5.57 Å². The summed E-state index contributed by atoms with van der Waals surface area (Å²) in [6.07, 6.45) is 11.8. The minimum Gasteiger partial charge on any atom is -0.393 e. The van der Waals surface area contributed by atoms with Crippen LogP contribution in [0.3, 0.4) is 0 Å². The minimum atomic E-state index is -0.235. The Bertz CT molecular complexity index is 521. The maximum absolute atomic E-state index is 10.5. The van der Waals surface area contributed by atoms with Crippen LogP contribution in [0.2, 0.25) is 0 Å². The van der Waals surface area contributed by atoms with Crippen molar-refractivity contribution < 1.29 is 14.6 Å². The first-order valence-electron chi connectivity index (χ1n) is 9.77. The van der Waals surface area contributed by atoms with Gasteiger partial charge in [-0.15, -0.1) is 0 Å². The Morgan fingerprint density at radius 3 is 2.70 bits per heavy atom. The van der Waals surface area contributed by atoms with Crippen LogP contribution in [0.1, 0.15) is 58.3 Å². The summed E-state index contributed by atoms with van der Waals surface area (Å²) in [5, 5.41) is 10.5. The van der Waals surface area contributed by atoms with Crippen molar-refractivity contribution in [2.24, 2.45) is 29.1 Å². The molecule has 1 heterocycles. The van der Waals surface area contributed by atoms with E-state index in [2.05, 4.69) is 13.0 Å². The number of fused-ring (bicyclic) bond motifs is 5. The fourth-order valence-corrected chi connectivity index (χ4v) is 6.86. The number of rotatable bonds is 0. The van der Waals surface area contributed by atoms with E-state index in [1.165, 1.54) is 25.7 Å². The summed E-state index contributed by atoms with van der Waals surface area (Å²) in [4.78, 5) is 0. The van der Waals surface area contributed by atoms with E-state index >= 15 is 0 Å². The summed E-state index contributed by atoms with van der Waals surface area (Å²) >= 11 is 0. The van der Waals surface area contributed by atoms with Gasteiger partial charge in [-0.3, -0.25) is 0 Å². The lowest BCUT2D eigenvalue weighted by Crippen LogP contribution is -2.47. The molecule has 0 aromatic rings. The molecule has 0 amide bonds. The van der Waals surface area contributed by atoms with Crippen molar-refractivity contribution >= 4 is 0 Å². The highest BCUT2D eigenvalue weighted by Gasteiger charge is 2.55. The highest BCUT2D eigenvalue weighted by Crippen LogP contribution is 2.61. The average molecular weight is 318 g/mol. The molecule has 6 unspecified atom stereocenters. The lowest BCUT2D eigenvalue weighted by atomic mass is 9.54. The van der Waals surface area contributed by atoms with Gasteiger partial charge in [0.15, 0.2) is 5.79 Å². The van der Waals surface area contributed by atoms with E-state index in [-0.39, 0.29) is 17.3 Å². The molecule has 6 atom stereocenters. The number of hydrogen-bond donors (Lipinski definition) is 1. The minimum absolute atomic E-state index is 0.0852. The first kappa shape index (κ1) is 14.9. The topological polar surface area (TPSA) is 38.7 Å². The summed E-state index contributed by atoms with van der Waals surface area (Å²) in [6.45, 7) is 3.90. The van der Waals surface area contributed by atoms with Crippen molar-refractivity contribution in [3.8, 4) is 0 Å². The maximum atomic E-state index is 10.5. The van der Waals surface area contributed by atoms with E-state index < -0.39 is 0 Å². The molecule has 4 aliphatic carbocycles. The van der Waals surface area contributed by atoms with E-state index in [0.717, 1.165) is 56.7 Å². The predicted molar refractivity (Wildman–Crippen MR) is 87.7 cm³/mol. The maximum Gasteiger partial charge on any atom is 0.168 e. The molecular formula is C20H30O3. The third-order valence-electron chi connectivity index (χ3n) is 8.12. The van der Waals surface area contributed by atoms with Crippen molar-refractivity contribution in [3.05, 3.63) is 11.6 Å². The van der Waals surface area contributed by atoms with E-state index in [1.807, 2.05) is 0 Å². The third kappa shape index (κ3) is 2.06. The standard InChI is InChI=1S/C20H30O3/c1-19-8-6-15-14-7-9-20(22-10-11-23-20)12-13(14)2-3-16(15)17(19)4-5-18(19)21/h6,13-14,16-18,21H,2-5,7-12H2,1H3. The fraction of sp³-hybridized carbons (Fsp3) is 0.900. The molecule has 1 N–H and O–H groups in total. The van der Waals surface area contributed by atoms with Gasteiger partial charge in [0, 0.05) is 18.3 Å². The number of aliphatic hydroxyl groups excluding tert-OH is 1. The van der Waals surface area contributed by atoms with Gasteiger partial charge in [-0.05, 0) is 62.2 Å². The van der Waals surface area contributed by atoms with Crippen molar-refractivity contribution in [2.75, 3.05) is 13.2 Å². The third-order valence-corrected chi connectivity index (χ3v) is 8.12. The molecule has 23 heavy (non-hydrogen) atoms. The summed E-state index contributed by atoms with van der Waals surface area (Å²) in [7, 11) is 0. The zero-order valence-corrected chi connectivity index (χ0v) is 14.3. The molecule has 128 valence electrons. The van der Waals surface area contributed by atoms with Crippen LogP contribution < -0.4 is 0 Å². The lowest BCUT2D eigenvalue weighted by molar-refractivity contribution is -0.196. The second-order valence-corrected chi connectivity index (χ2v) is 9.01. The van der Waals surface area contributed by atoms with Crippen molar-refractivity contribution in [3.63, 3.8) is 0 Å². The molecule has 4 fully saturated rings. The summed E-state index contributed by atoms with van der Waals surface area (Å²) in [6, 6.07) is 0. The monoisotopic (exact) mass is 318 g/mol. The first-order valence-corrected chi connectivity index (χ1v) is 9.77. The highest BCUT2D eigenvalue weighted by molar-refractivity contribution is 5.25. The fourth-order valence-electron chi connectivity index (χ4n) is 6.86. The highest BCUT2D eigenvalue weighted by atomic mass is 16.7. The van der Waals surface area contributed by atoms with Crippen molar-refractivity contribution in [2.45, 2.75) is 70.2 Å². The van der Waals surface area contributed by atoms with Gasteiger partial charge in [-0.1, -0.05) is 18.6 Å². The quantitative estimate of drug-likeness (QED) is 0.693. The Balaban J connectivity index is 1.41. The van der Waals surface area contributed by atoms with E-state index in [9.17, 15) is 5.11 Å². The van der Waals surface area contributed by atoms with Crippen LogP contribution >= 0.6 is 0 Å². The van der Waals surface area contributed by atoms with E-state index in [4.69, 9.17) is 9.47 Å². The van der Waals surface area contributed by atoms with Crippen LogP contribution in [0.5, 0.6) is 0 Å². The molecule has 5 rings (SSSR count). The van der Waals surface area contributed by atoms with Crippen molar-refractivity contribution in [1.82, 2.24) is 0 Å². The van der Waals surface area contributed by atoms with Gasteiger partial charge >= 0.3 is 0 Å². The molecule has 1 aliphatic heterocycles. The molecule has 3 nitrogen and oxygen atoms in total. The zero-order chi connectivity index (χ0) is 15.7. The van der Waals surface area contributed by atoms with Gasteiger partial charge in [0.1, 0.15) is 0 Å². The second-order valence-electron chi connectivity index (χ2n) is 9.01. The van der Waals surface area contributed by atoms with Gasteiger partial charge in [0.2, 0.25) is 0 Å². The Kier molecular flexibility index (Phi) is 3.28. The number of ether oxygens (including phenoxy) is 2. The molecular weight excluding hydrogens is 288 g/mol. The van der Waals surface area contributed by atoms with Crippen LogP contribution in [-0.4, -0.2) is 30.2 Å². The van der Waals surface area contributed by atoms with Crippen LogP contribution in [0.4, 0.5) is 0 Å². The Morgan fingerprint density at radius 1 is 1.04 bits per heavy atom. The normalized spacial score (nSPS) is 51.0. The van der Waals surface area contributed by atoms with Gasteiger partial charge in [0.25, 0.3) is 0 Å². The van der Waals surface area contributed by atoms with Gasteiger partial charge in [-0.2, -0.15) is 0 Å². The smallest absolute Gasteiger partial charge is 0.168 e. The molecule has 3 heteroatoms. The van der Waals surface area contributed by atoms with Gasteiger partial charge in [-0.25, -0.2) is 0 Å². The first-order chi connectivity index (χ1) is 11.1. The molecule has 1 spiro atoms. The summed E-state index contributed by atoms with van der Waals surface area (Å²) in [5.41, 5.74) is 1.90. The molecule has 0 aromatic heterocycles. The molecule has 5 aliphatic rings. The predicted octanol–water partition coefficient (Wildman–Crippen LogP) is 3.66. The number of hydrogen-bond acceptors (Lipinski definition) is 3. The van der Waals surface area contributed by atoms with Crippen LogP contribution in [0.25, 0.3) is 0 Å². The van der Waals surface area contributed by atoms with Crippen molar-refractivity contribution in [1.29, 1.82) is 0 Å². The Morgan fingerprint density at radius 2 is 1.87 bits per heavy atom. The summed E-state index contributed by atoms with van der Waals surface area (Å²) in [5.74, 6) is 2.73. The van der Waals surface area contributed by atoms with Crippen LogP contribution in [0.15, 0.2) is 11.6 Å². The summed E-state index contributed by atoms with van der Waals surface area (Å²) < 4.78 is 12.0. The molecule has 3 saturated carbocycles. The Labute approximate surface area is 139 Å². The second kappa shape index (κ2) is 5.06. The van der Waals surface area contributed by atoms with Crippen LogP contribution in [-0.2, 0) is 9.47 Å². The number of aliphatic hydroxyl groups is 1. The molecule has 0 aromatic carbocycles. The molecule has 0 bridgehead atoms. The average Bonchev–Trinajstić information content (AvgIpc) is 3.12. The zero-order valence-electron chi connectivity index (χ0n) is 14.3. The Hall–Kier alpha value is -0.380. The van der Waals surface area contributed by atoms with Gasteiger partial charge < -0.3 is 14.6 Å². The largest absolute Gasteiger partial charge is 0.393 e. The molecule has 0 radical (unpaired) electrons.